The lowest BCUT2D eigenvalue weighted by Crippen LogP contribution is -2.38. The zero-order chi connectivity index (χ0) is 15.5. The van der Waals surface area contributed by atoms with Crippen LogP contribution in [0.2, 0.25) is 0 Å². The summed E-state index contributed by atoms with van der Waals surface area (Å²) in [6.07, 6.45) is 0. The molecule has 0 spiro atoms. The van der Waals surface area contributed by atoms with E-state index in [1.54, 1.807) is 14.2 Å². The molecular weight excluding hydrogens is 391 g/mol. The van der Waals surface area contributed by atoms with Crippen molar-refractivity contribution >= 4 is 35.6 Å². The summed E-state index contributed by atoms with van der Waals surface area (Å²) in [7, 11) is 3.50. The summed E-state index contributed by atoms with van der Waals surface area (Å²) in [5.41, 5.74) is 2.33. The van der Waals surface area contributed by atoms with Gasteiger partial charge in [0.15, 0.2) is 5.96 Å². The summed E-state index contributed by atoms with van der Waals surface area (Å²) in [5.74, 6) is 1.44. The number of rotatable bonds is 8. The van der Waals surface area contributed by atoms with Gasteiger partial charge in [-0.05, 0) is 23.6 Å². The largest absolute Gasteiger partial charge is 0.383 e. The molecule has 22 heavy (non-hydrogen) atoms. The van der Waals surface area contributed by atoms with E-state index in [1.165, 1.54) is 5.56 Å². The van der Waals surface area contributed by atoms with Gasteiger partial charge in [0.05, 0.1) is 6.61 Å². The van der Waals surface area contributed by atoms with Gasteiger partial charge in [-0.2, -0.15) is 0 Å². The standard InChI is InChI=1S/C16H28N4O.HI/c1-13(2)11-19-16(17-3)20-12-14-5-7-15(8-6-14)18-9-10-21-4;/h5-8,13,18H,9-12H2,1-4H3,(H2,17,19,20);1H. The minimum Gasteiger partial charge on any atom is -0.383 e. The van der Waals surface area contributed by atoms with Gasteiger partial charge < -0.3 is 20.7 Å². The molecule has 0 aliphatic heterocycles. The first-order valence-corrected chi connectivity index (χ1v) is 7.42. The van der Waals surface area contributed by atoms with Crippen LogP contribution >= 0.6 is 24.0 Å². The number of methoxy groups -OCH3 is 1. The Labute approximate surface area is 151 Å². The fraction of sp³-hybridized carbons (Fsp3) is 0.562. The van der Waals surface area contributed by atoms with E-state index < -0.39 is 0 Å². The molecule has 0 atom stereocenters. The lowest BCUT2D eigenvalue weighted by molar-refractivity contribution is 0.211. The SMILES string of the molecule is CN=C(NCc1ccc(NCCOC)cc1)NCC(C)C.I. The highest BCUT2D eigenvalue weighted by molar-refractivity contribution is 14.0. The fourth-order valence-corrected chi connectivity index (χ4v) is 1.75. The van der Waals surface area contributed by atoms with Gasteiger partial charge in [0.1, 0.15) is 0 Å². The lowest BCUT2D eigenvalue weighted by Gasteiger charge is -2.13. The summed E-state index contributed by atoms with van der Waals surface area (Å²) in [6, 6.07) is 8.38. The van der Waals surface area contributed by atoms with Gasteiger partial charge in [0.25, 0.3) is 0 Å². The Balaban J connectivity index is 0.00000441. The quantitative estimate of drug-likeness (QED) is 0.262. The number of nitrogens with zero attached hydrogens (tertiary/aromatic N) is 1. The van der Waals surface area contributed by atoms with E-state index in [0.717, 1.165) is 31.3 Å². The molecule has 0 aromatic heterocycles. The van der Waals surface area contributed by atoms with Gasteiger partial charge >= 0.3 is 0 Å². The summed E-state index contributed by atoms with van der Waals surface area (Å²) >= 11 is 0. The highest BCUT2D eigenvalue weighted by Gasteiger charge is 2.00. The molecule has 0 saturated heterocycles. The van der Waals surface area contributed by atoms with Crippen LogP contribution in [0.25, 0.3) is 0 Å². The number of benzene rings is 1. The summed E-state index contributed by atoms with van der Waals surface area (Å²) in [4.78, 5) is 4.21. The molecule has 1 aromatic rings. The fourth-order valence-electron chi connectivity index (χ4n) is 1.75. The number of hydrogen-bond donors (Lipinski definition) is 3. The van der Waals surface area contributed by atoms with Crippen LogP contribution in [0.1, 0.15) is 19.4 Å². The van der Waals surface area contributed by atoms with Crippen LogP contribution in [0.5, 0.6) is 0 Å². The molecule has 0 bridgehead atoms. The zero-order valence-corrected chi connectivity index (χ0v) is 16.3. The number of hydrogen-bond acceptors (Lipinski definition) is 3. The van der Waals surface area contributed by atoms with Crippen molar-refractivity contribution in [3.05, 3.63) is 29.8 Å². The van der Waals surface area contributed by atoms with Gasteiger partial charge in [-0.1, -0.05) is 26.0 Å². The molecule has 0 unspecified atom stereocenters. The Bertz CT molecular complexity index is 421. The van der Waals surface area contributed by atoms with Gasteiger partial charge in [-0.25, -0.2) is 0 Å². The molecule has 3 N–H and O–H groups in total. The molecule has 0 aliphatic rings. The second kappa shape index (κ2) is 12.5. The minimum atomic E-state index is 0. The molecule has 1 rings (SSSR count). The maximum atomic E-state index is 5.01. The molecule has 5 nitrogen and oxygen atoms in total. The summed E-state index contributed by atoms with van der Waals surface area (Å²) in [5, 5.41) is 9.91. The van der Waals surface area contributed by atoms with Crippen molar-refractivity contribution in [2.75, 3.05) is 39.2 Å². The predicted molar refractivity (Wildman–Crippen MR) is 105 cm³/mol. The van der Waals surface area contributed by atoms with Gasteiger partial charge in [0, 0.05) is 39.5 Å². The smallest absolute Gasteiger partial charge is 0.191 e. The molecule has 126 valence electrons. The molecule has 0 aliphatic carbocycles. The first-order chi connectivity index (χ1) is 10.2. The van der Waals surface area contributed by atoms with E-state index in [2.05, 4.69) is 59.1 Å². The molecule has 0 heterocycles. The van der Waals surface area contributed by atoms with Crippen molar-refractivity contribution in [1.29, 1.82) is 0 Å². The van der Waals surface area contributed by atoms with E-state index in [0.29, 0.717) is 12.5 Å². The molecular formula is C16H29IN4O. The van der Waals surface area contributed by atoms with Crippen molar-refractivity contribution < 1.29 is 4.74 Å². The number of aliphatic imine (C=N–C) groups is 1. The van der Waals surface area contributed by atoms with Crippen LogP contribution in [-0.4, -0.2) is 39.8 Å². The average Bonchev–Trinajstić information content (AvgIpc) is 2.49. The predicted octanol–water partition coefficient (Wildman–Crippen LogP) is 2.68. The monoisotopic (exact) mass is 420 g/mol. The Hall–Kier alpha value is -1.02. The highest BCUT2D eigenvalue weighted by Crippen LogP contribution is 2.08. The number of ether oxygens (including phenoxy) is 1. The Morgan fingerprint density at radius 1 is 1.18 bits per heavy atom. The Morgan fingerprint density at radius 2 is 1.86 bits per heavy atom. The van der Waals surface area contributed by atoms with Crippen LogP contribution < -0.4 is 16.0 Å². The van der Waals surface area contributed by atoms with Crippen molar-refractivity contribution in [3.8, 4) is 0 Å². The van der Waals surface area contributed by atoms with Gasteiger partial charge in [-0.15, -0.1) is 24.0 Å². The molecule has 1 aromatic carbocycles. The summed E-state index contributed by atoms with van der Waals surface area (Å²) < 4.78 is 5.01. The summed E-state index contributed by atoms with van der Waals surface area (Å²) in [6.45, 7) is 7.56. The minimum absolute atomic E-state index is 0. The number of nitrogens with one attached hydrogen (secondary N) is 3. The first-order valence-electron chi connectivity index (χ1n) is 7.42. The van der Waals surface area contributed by atoms with Crippen LogP contribution in [0.15, 0.2) is 29.3 Å². The number of halogens is 1. The maximum absolute atomic E-state index is 5.01. The van der Waals surface area contributed by atoms with Crippen LogP contribution in [0.4, 0.5) is 5.69 Å². The zero-order valence-electron chi connectivity index (χ0n) is 14.0. The molecule has 0 amide bonds. The highest BCUT2D eigenvalue weighted by atomic mass is 127. The van der Waals surface area contributed by atoms with E-state index in [1.807, 2.05) is 0 Å². The third-order valence-corrected chi connectivity index (χ3v) is 2.95. The molecule has 0 radical (unpaired) electrons. The average molecular weight is 420 g/mol. The first kappa shape index (κ1) is 21.0. The van der Waals surface area contributed by atoms with Crippen LogP contribution in [0, 0.1) is 5.92 Å². The van der Waals surface area contributed by atoms with Gasteiger partial charge in [-0.3, -0.25) is 4.99 Å². The Morgan fingerprint density at radius 3 is 2.41 bits per heavy atom. The van der Waals surface area contributed by atoms with Crippen molar-refractivity contribution in [2.24, 2.45) is 10.9 Å². The number of anilines is 1. The van der Waals surface area contributed by atoms with E-state index >= 15 is 0 Å². The topological polar surface area (TPSA) is 57.7 Å². The second-order valence-electron chi connectivity index (χ2n) is 5.32. The second-order valence-corrected chi connectivity index (χ2v) is 5.32. The third kappa shape index (κ3) is 9.09. The van der Waals surface area contributed by atoms with Crippen molar-refractivity contribution in [3.63, 3.8) is 0 Å². The van der Waals surface area contributed by atoms with Crippen molar-refractivity contribution in [1.82, 2.24) is 10.6 Å². The Kier molecular flexibility index (Phi) is 11.9. The van der Waals surface area contributed by atoms with E-state index in [4.69, 9.17) is 4.74 Å². The van der Waals surface area contributed by atoms with Crippen LogP contribution in [0.3, 0.4) is 0 Å². The van der Waals surface area contributed by atoms with E-state index in [-0.39, 0.29) is 24.0 Å². The molecule has 0 fully saturated rings. The number of guanidine groups is 1. The molecule has 0 saturated carbocycles. The maximum Gasteiger partial charge on any atom is 0.191 e. The lowest BCUT2D eigenvalue weighted by atomic mass is 10.2. The van der Waals surface area contributed by atoms with Crippen molar-refractivity contribution in [2.45, 2.75) is 20.4 Å². The normalized spacial score (nSPS) is 11.0. The van der Waals surface area contributed by atoms with Crippen LogP contribution in [-0.2, 0) is 11.3 Å². The van der Waals surface area contributed by atoms with E-state index in [9.17, 15) is 0 Å². The third-order valence-electron chi connectivity index (χ3n) is 2.95. The molecule has 6 heteroatoms. The van der Waals surface area contributed by atoms with Gasteiger partial charge in [0.2, 0.25) is 0 Å².